The molecule has 0 aliphatic rings. The third-order valence-corrected chi connectivity index (χ3v) is 3.78. The number of nitrogens with one attached hydrogen (secondary N) is 2. The maximum absolute atomic E-state index is 11.9. The van der Waals surface area contributed by atoms with E-state index in [4.69, 9.17) is 0 Å². The number of urea groups is 1. The van der Waals surface area contributed by atoms with Crippen LogP contribution in [-0.4, -0.2) is 31.0 Å². The highest BCUT2D eigenvalue weighted by atomic mass is 32.1. The molecule has 2 N–H and O–H groups in total. The van der Waals surface area contributed by atoms with E-state index in [0.717, 1.165) is 5.01 Å². The first-order chi connectivity index (χ1) is 9.47. The summed E-state index contributed by atoms with van der Waals surface area (Å²) in [5, 5.41) is 22.5. The van der Waals surface area contributed by atoms with Gasteiger partial charge in [-0.25, -0.2) is 4.79 Å². The lowest BCUT2D eigenvalue weighted by atomic mass is 10.2. The Bertz CT molecular complexity index is 591. The van der Waals surface area contributed by atoms with Crippen molar-refractivity contribution in [2.45, 2.75) is 32.7 Å². The fourth-order valence-corrected chi connectivity index (χ4v) is 2.34. The van der Waals surface area contributed by atoms with Crippen molar-refractivity contribution in [3.05, 3.63) is 17.2 Å². The van der Waals surface area contributed by atoms with Crippen molar-refractivity contribution in [2.75, 3.05) is 5.32 Å². The van der Waals surface area contributed by atoms with Crippen LogP contribution in [0, 0.1) is 0 Å². The SMILES string of the molecule is CC(C)c1nnc(NC(=O)NC(C)c2nncn2C)s1. The highest BCUT2D eigenvalue weighted by Crippen LogP contribution is 2.22. The Morgan fingerprint density at radius 1 is 1.30 bits per heavy atom. The van der Waals surface area contributed by atoms with E-state index in [1.54, 1.807) is 10.9 Å². The molecule has 2 aromatic rings. The number of rotatable bonds is 4. The van der Waals surface area contributed by atoms with Gasteiger partial charge < -0.3 is 9.88 Å². The van der Waals surface area contributed by atoms with Gasteiger partial charge in [0.15, 0.2) is 5.82 Å². The van der Waals surface area contributed by atoms with Crippen molar-refractivity contribution in [2.24, 2.45) is 7.05 Å². The summed E-state index contributed by atoms with van der Waals surface area (Å²) >= 11 is 1.37. The Morgan fingerprint density at radius 2 is 2.05 bits per heavy atom. The molecule has 0 radical (unpaired) electrons. The molecule has 0 aromatic carbocycles. The molecule has 0 aliphatic carbocycles. The van der Waals surface area contributed by atoms with E-state index in [1.807, 2.05) is 27.8 Å². The third kappa shape index (κ3) is 3.29. The molecular formula is C11H17N7OS. The first-order valence-electron chi connectivity index (χ1n) is 6.22. The van der Waals surface area contributed by atoms with Gasteiger partial charge >= 0.3 is 6.03 Å². The fraction of sp³-hybridized carbons (Fsp3) is 0.545. The normalized spacial score (nSPS) is 12.4. The van der Waals surface area contributed by atoms with Crippen LogP contribution in [0.4, 0.5) is 9.93 Å². The molecule has 2 rings (SSSR count). The van der Waals surface area contributed by atoms with Crippen LogP contribution in [0.5, 0.6) is 0 Å². The topological polar surface area (TPSA) is 97.6 Å². The van der Waals surface area contributed by atoms with Gasteiger partial charge in [-0.05, 0) is 6.92 Å². The maximum atomic E-state index is 11.9. The number of aromatic nitrogens is 5. The molecule has 2 amide bonds. The predicted molar refractivity (Wildman–Crippen MR) is 75.6 cm³/mol. The maximum Gasteiger partial charge on any atom is 0.321 e. The Hall–Kier alpha value is -2.03. The Morgan fingerprint density at radius 3 is 2.60 bits per heavy atom. The number of carbonyl (C=O) groups is 1. The lowest BCUT2D eigenvalue weighted by Crippen LogP contribution is -2.32. The summed E-state index contributed by atoms with van der Waals surface area (Å²) in [5.41, 5.74) is 0. The van der Waals surface area contributed by atoms with Gasteiger partial charge in [0.1, 0.15) is 11.3 Å². The van der Waals surface area contributed by atoms with Crippen LogP contribution >= 0.6 is 11.3 Å². The average molecular weight is 295 g/mol. The van der Waals surface area contributed by atoms with Crippen molar-refractivity contribution in [3.8, 4) is 0 Å². The second-order valence-electron chi connectivity index (χ2n) is 4.72. The van der Waals surface area contributed by atoms with Gasteiger partial charge in [0.2, 0.25) is 5.13 Å². The van der Waals surface area contributed by atoms with Gasteiger partial charge in [-0.1, -0.05) is 25.2 Å². The number of nitrogens with zero attached hydrogens (tertiary/aromatic N) is 5. The highest BCUT2D eigenvalue weighted by Gasteiger charge is 2.15. The lowest BCUT2D eigenvalue weighted by molar-refractivity contribution is 0.248. The molecule has 2 heterocycles. The minimum Gasteiger partial charge on any atom is -0.328 e. The van der Waals surface area contributed by atoms with Crippen LogP contribution in [0.2, 0.25) is 0 Å². The summed E-state index contributed by atoms with van der Waals surface area (Å²) in [7, 11) is 1.82. The summed E-state index contributed by atoms with van der Waals surface area (Å²) in [6.07, 6.45) is 1.59. The van der Waals surface area contributed by atoms with Gasteiger partial charge in [0, 0.05) is 13.0 Å². The van der Waals surface area contributed by atoms with Gasteiger partial charge in [-0.15, -0.1) is 20.4 Å². The molecule has 0 saturated carbocycles. The Labute approximate surface area is 120 Å². The molecule has 20 heavy (non-hydrogen) atoms. The van der Waals surface area contributed by atoms with Crippen molar-refractivity contribution in [1.82, 2.24) is 30.3 Å². The van der Waals surface area contributed by atoms with Gasteiger partial charge in [-0.2, -0.15) is 0 Å². The predicted octanol–water partition coefficient (Wildman–Crippen LogP) is 1.67. The quantitative estimate of drug-likeness (QED) is 0.894. The van der Waals surface area contributed by atoms with Gasteiger partial charge in [0.25, 0.3) is 0 Å². The fourth-order valence-electron chi connectivity index (χ4n) is 1.60. The zero-order valence-electron chi connectivity index (χ0n) is 11.8. The van der Waals surface area contributed by atoms with Crippen LogP contribution in [0.1, 0.15) is 43.6 Å². The number of carbonyl (C=O) groups excluding carboxylic acids is 1. The minimum atomic E-state index is -0.341. The minimum absolute atomic E-state index is 0.250. The largest absolute Gasteiger partial charge is 0.328 e. The molecule has 1 unspecified atom stereocenters. The number of anilines is 1. The van der Waals surface area contributed by atoms with E-state index in [1.165, 1.54) is 11.3 Å². The summed E-state index contributed by atoms with van der Waals surface area (Å²) in [4.78, 5) is 11.9. The second-order valence-corrected chi connectivity index (χ2v) is 5.73. The molecule has 9 heteroatoms. The molecular weight excluding hydrogens is 278 g/mol. The summed E-state index contributed by atoms with van der Waals surface area (Å²) in [5.74, 6) is 0.976. The van der Waals surface area contributed by atoms with Crippen LogP contribution < -0.4 is 10.6 Å². The molecule has 0 bridgehead atoms. The summed E-state index contributed by atoms with van der Waals surface area (Å²) in [6.45, 7) is 5.89. The standard InChI is InChI=1S/C11H17N7OS/c1-6(2)9-16-17-11(20-9)14-10(19)13-7(3)8-15-12-5-18(8)4/h5-7H,1-4H3,(H2,13,14,17,19). The zero-order valence-corrected chi connectivity index (χ0v) is 12.6. The molecule has 8 nitrogen and oxygen atoms in total. The van der Waals surface area contributed by atoms with Crippen molar-refractivity contribution >= 4 is 22.5 Å². The highest BCUT2D eigenvalue weighted by molar-refractivity contribution is 7.15. The van der Waals surface area contributed by atoms with E-state index in [9.17, 15) is 4.79 Å². The van der Waals surface area contributed by atoms with Gasteiger partial charge in [0.05, 0.1) is 6.04 Å². The monoisotopic (exact) mass is 295 g/mol. The van der Waals surface area contributed by atoms with E-state index in [0.29, 0.717) is 16.9 Å². The lowest BCUT2D eigenvalue weighted by Gasteiger charge is -2.12. The third-order valence-electron chi connectivity index (χ3n) is 2.64. The van der Waals surface area contributed by atoms with Crippen molar-refractivity contribution < 1.29 is 4.79 Å². The Balaban J connectivity index is 1.93. The van der Waals surface area contributed by atoms with Gasteiger partial charge in [-0.3, -0.25) is 5.32 Å². The van der Waals surface area contributed by atoms with E-state index < -0.39 is 0 Å². The second kappa shape index (κ2) is 5.95. The zero-order chi connectivity index (χ0) is 14.7. The molecule has 0 aliphatic heterocycles. The summed E-state index contributed by atoms with van der Waals surface area (Å²) < 4.78 is 1.76. The number of amides is 2. The van der Waals surface area contributed by atoms with E-state index in [-0.39, 0.29) is 12.1 Å². The number of hydrogen-bond donors (Lipinski definition) is 2. The van der Waals surface area contributed by atoms with Crippen LogP contribution in [0.15, 0.2) is 6.33 Å². The summed E-state index contributed by atoms with van der Waals surface area (Å²) in [6, 6.07) is -0.591. The Kier molecular flexibility index (Phi) is 4.28. The molecule has 108 valence electrons. The molecule has 2 aromatic heterocycles. The van der Waals surface area contributed by atoms with Crippen LogP contribution in [0.3, 0.4) is 0 Å². The number of hydrogen-bond acceptors (Lipinski definition) is 6. The molecule has 1 atom stereocenters. The first kappa shape index (κ1) is 14.4. The van der Waals surface area contributed by atoms with E-state index >= 15 is 0 Å². The van der Waals surface area contributed by atoms with Crippen LogP contribution in [-0.2, 0) is 7.05 Å². The molecule has 0 saturated heterocycles. The first-order valence-corrected chi connectivity index (χ1v) is 7.03. The molecule has 0 fully saturated rings. The molecule has 0 spiro atoms. The number of aryl methyl sites for hydroxylation is 1. The van der Waals surface area contributed by atoms with Crippen molar-refractivity contribution in [1.29, 1.82) is 0 Å². The average Bonchev–Trinajstić information content (AvgIpc) is 2.97. The van der Waals surface area contributed by atoms with E-state index in [2.05, 4.69) is 31.0 Å². The van der Waals surface area contributed by atoms with Crippen molar-refractivity contribution in [3.63, 3.8) is 0 Å². The smallest absolute Gasteiger partial charge is 0.321 e. The van der Waals surface area contributed by atoms with Crippen LogP contribution in [0.25, 0.3) is 0 Å².